The lowest BCUT2D eigenvalue weighted by Crippen LogP contribution is -2.11. The molecule has 7 heteroatoms. The van der Waals surface area contributed by atoms with Crippen molar-refractivity contribution in [3.8, 4) is 22.1 Å². The number of hydrogen-bond donors (Lipinski definition) is 1. The van der Waals surface area contributed by atoms with Crippen LogP contribution in [0.15, 0.2) is 81.9 Å². The highest BCUT2D eigenvalue weighted by molar-refractivity contribution is 7.21. The van der Waals surface area contributed by atoms with Crippen LogP contribution in [-0.2, 0) is 0 Å². The molecule has 3 aromatic heterocycles. The van der Waals surface area contributed by atoms with Crippen LogP contribution in [0.4, 0.5) is 5.69 Å². The largest absolute Gasteiger partial charge is 0.461 e. The summed E-state index contributed by atoms with van der Waals surface area (Å²) in [6.07, 6.45) is 1.53. The van der Waals surface area contributed by atoms with Crippen LogP contribution >= 0.6 is 11.3 Å². The number of para-hydroxylation sites is 1. The van der Waals surface area contributed by atoms with E-state index in [2.05, 4.69) is 21.5 Å². The quantitative estimate of drug-likeness (QED) is 0.443. The van der Waals surface area contributed by atoms with Gasteiger partial charge in [-0.2, -0.15) is 0 Å². The van der Waals surface area contributed by atoms with Gasteiger partial charge in [0, 0.05) is 17.3 Å². The zero-order valence-corrected chi connectivity index (χ0v) is 15.3. The zero-order chi connectivity index (χ0) is 18.9. The van der Waals surface area contributed by atoms with E-state index in [1.807, 2.05) is 42.5 Å². The van der Waals surface area contributed by atoms with Gasteiger partial charge in [0.15, 0.2) is 11.5 Å². The first kappa shape index (κ1) is 16.5. The van der Waals surface area contributed by atoms with Crippen molar-refractivity contribution in [1.29, 1.82) is 0 Å². The summed E-state index contributed by atoms with van der Waals surface area (Å²) in [6.45, 7) is 0. The topological polar surface area (TPSA) is 81.2 Å². The Morgan fingerprint density at radius 3 is 2.61 bits per heavy atom. The highest BCUT2D eigenvalue weighted by atomic mass is 32.1. The predicted octanol–water partition coefficient (Wildman–Crippen LogP) is 5.46. The summed E-state index contributed by atoms with van der Waals surface area (Å²) < 4.78 is 11.5. The normalized spacial score (nSPS) is 11.0. The van der Waals surface area contributed by atoms with Crippen molar-refractivity contribution >= 4 is 33.1 Å². The molecule has 0 aliphatic heterocycles. The number of carbonyl (C=O) groups excluding carboxylic acids is 1. The number of fused-ring (bicyclic) bond motifs is 1. The fourth-order valence-electron chi connectivity index (χ4n) is 2.80. The van der Waals surface area contributed by atoms with Crippen LogP contribution in [-0.4, -0.2) is 16.0 Å². The smallest absolute Gasteiger partial charge is 0.277 e. The second kappa shape index (κ2) is 6.79. The second-order valence-corrected chi connectivity index (χ2v) is 7.10. The van der Waals surface area contributed by atoms with Crippen LogP contribution in [0.25, 0.3) is 32.3 Å². The van der Waals surface area contributed by atoms with Crippen LogP contribution in [0.2, 0.25) is 0 Å². The van der Waals surface area contributed by atoms with Gasteiger partial charge in [0.1, 0.15) is 5.01 Å². The fraction of sp³-hybridized carbons (Fsp3) is 0. The van der Waals surface area contributed by atoms with E-state index in [-0.39, 0.29) is 11.6 Å². The number of rotatable bonds is 4. The molecule has 0 spiro atoms. The first-order valence-corrected chi connectivity index (χ1v) is 9.36. The number of nitrogens with one attached hydrogen (secondary N) is 1. The maximum absolute atomic E-state index is 12.4. The first-order chi connectivity index (χ1) is 13.8. The minimum Gasteiger partial charge on any atom is -0.461 e. The Morgan fingerprint density at radius 2 is 1.82 bits per heavy atom. The van der Waals surface area contributed by atoms with Gasteiger partial charge in [-0.05, 0) is 48.5 Å². The van der Waals surface area contributed by atoms with Crippen LogP contribution in [0, 0.1) is 0 Å². The molecule has 0 fully saturated rings. The lowest BCUT2D eigenvalue weighted by molar-refractivity contribution is 0.101. The molecule has 5 aromatic rings. The summed E-state index contributed by atoms with van der Waals surface area (Å²) in [7, 11) is 0. The van der Waals surface area contributed by atoms with E-state index in [0.717, 1.165) is 20.8 Å². The Kier molecular flexibility index (Phi) is 3.99. The molecule has 136 valence electrons. The summed E-state index contributed by atoms with van der Waals surface area (Å²) >= 11 is 1.64. The molecule has 1 amide bonds. The molecule has 28 heavy (non-hydrogen) atoms. The number of anilines is 1. The van der Waals surface area contributed by atoms with Crippen molar-refractivity contribution in [2.24, 2.45) is 0 Å². The predicted molar refractivity (Wildman–Crippen MR) is 107 cm³/mol. The Labute approximate surface area is 163 Å². The lowest BCUT2D eigenvalue weighted by atomic mass is 10.2. The Balaban J connectivity index is 1.32. The number of aromatic nitrogens is 2. The van der Waals surface area contributed by atoms with Gasteiger partial charge in [-0.3, -0.25) is 4.79 Å². The van der Waals surface area contributed by atoms with Gasteiger partial charge in [0.2, 0.25) is 5.76 Å². The van der Waals surface area contributed by atoms with E-state index in [4.69, 9.17) is 8.94 Å². The Hall–Kier alpha value is -3.71. The minimum atomic E-state index is -0.353. The Bertz CT molecular complexity index is 1220. The molecular weight excluding hydrogens is 374 g/mol. The van der Waals surface area contributed by atoms with Gasteiger partial charge in [-0.25, -0.2) is 4.98 Å². The van der Waals surface area contributed by atoms with Gasteiger partial charge in [0.25, 0.3) is 5.91 Å². The van der Waals surface area contributed by atoms with Crippen molar-refractivity contribution in [3.63, 3.8) is 0 Å². The van der Waals surface area contributed by atoms with Crippen molar-refractivity contribution in [2.75, 3.05) is 5.32 Å². The SMILES string of the molecule is O=C(Nc1ccc(-c2nc3ccccc3s2)cc1)c1cc(-c2ccco2)on1. The van der Waals surface area contributed by atoms with Gasteiger partial charge >= 0.3 is 0 Å². The van der Waals surface area contributed by atoms with E-state index in [9.17, 15) is 4.79 Å². The highest BCUT2D eigenvalue weighted by Crippen LogP contribution is 2.30. The van der Waals surface area contributed by atoms with Crippen molar-refractivity contribution in [3.05, 3.63) is 78.7 Å². The summed E-state index contributed by atoms with van der Waals surface area (Å²) in [5, 5.41) is 7.56. The second-order valence-electron chi connectivity index (χ2n) is 6.07. The average Bonchev–Trinajstić information content (AvgIpc) is 3.48. The number of carbonyl (C=O) groups is 1. The number of thiazole rings is 1. The van der Waals surface area contributed by atoms with Crippen LogP contribution in [0.3, 0.4) is 0 Å². The van der Waals surface area contributed by atoms with Gasteiger partial charge < -0.3 is 14.3 Å². The molecule has 0 saturated heterocycles. The monoisotopic (exact) mass is 387 g/mol. The molecule has 2 aromatic carbocycles. The summed E-state index contributed by atoms with van der Waals surface area (Å²) in [5.41, 5.74) is 2.83. The fourth-order valence-corrected chi connectivity index (χ4v) is 3.78. The molecule has 0 unspecified atom stereocenters. The van der Waals surface area contributed by atoms with E-state index < -0.39 is 0 Å². The van der Waals surface area contributed by atoms with E-state index >= 15 is 0 Å². The maximum atomic E-state index is 12.4. The number of hydrogen-bond acceptors (Lipinski definition) is 6. The molecule has 0 aliphatic rings. The molecule has 0 aliphatic carbocycles. The summed E-state index contributed by atoms with van der Waals surface area (Å²) in [6, 6.07) is 20.6. The molecule has 1 N–H and O–H groups in total. The molecule has 0 bridgehead atoms. The average molecular weight is 387 g/mol. The zero-order valence-electron chi connectivity index (χ0n) is 14.5. The number of benzene rings is 2. The third-order valence-corrected chi connectivity index (χ3v) is 5.28. The molecule has 0 saturated carbocycles. The minimum absolute atomic E-state index is 0.182. The molecule has 0 radical (unpaired) electrons. The summed E-state index contributed by atoms with van der Waals surface area (Å²) in [4.78, 5) is 17.0. The van der Waals surface area contributed by atoms with Gasteiger partial charge in [-0.15, -0.1) is 11.3 Å². The number of amides is 1. The maximum Gasteiger partial charge on any atom is 0.277 e. The first-order valence-electron chi connectivity index (χ1n) is 8.54. The molecule has 0 atom stereocenters. The number of nitrogens with zero attached hydrogens (tertiary/aromatic N) is 2. The Morgan fingerprint density at radius 1 is 0.964 bits per heavy atom. The van der Waals surface area contributed by atoms with E-state index in [1.54, 1.807) is 29.5 Å². The standard InChI is InChI=1S/C21H13N3O3S/c25-20(16-12-18(27-24-16)17-5-3-11-26-17)22-14-9-7-13(8-10-14)21-23-15-4-1-2-6-19(15)28-21/h1-12H,(H,22,25). The van der Waals surface area contributed by atoms with Gasteiger partial charge in [0.05, 0.1) is 16.5 Å². The third kappa shape index (κ3) is 3.08. The van der Waals surface area contributed by atoms with Crippen LogP contribution in [0.5, 0.6) is 0 Å². The number of furan rings is 1. The highest BCUT2D eigenvalue weighted by Gasteiger charge is 2.15. The van der Waals surface area contributed by atoms with Crippen LogP contribution in [0.1, 0.15) is 10.5 Å². The lowest BCUT2D eigenvalue weighted by Gasteiger charge is -2.03. The summed E-state index contributed by atoms with van der Waals surface area (Å²) in [5.74, 6) is 0.572. The van der Waals surface area contributed by atoms with E-state index in [0.29, 0.717) is 17.2 Å². The van der Waals surface area contributed by atoms with Crippen molar-refractivity contribution < 1.29 is 13.7 Å². The van der Waals surface area contributed by atoms with Crippen molar-refractivity contribution in [1.82, 2.24) is 10.1 Å². The van der Waals surface area contributed by atoms with Crippen molar-refractivity contribution in [2.45, 2.75) is 0 Å². The molecule has 6 nitrogen and oxygen atoms in total. The third-order valence-electron chi connectivity index (χ3n) is 4.19. The molecule has 3 heterocycles. The van der Waals surface area contributed by atoms with E-state index in [1.165, 1.54) is 6.26 Å². The molecular formula is C21H13N3O3S. The van der Waals surface area contributed by atoms with Crippen LogP contribution < -0.4 is 5.32 Å². The molecule has 5 rings (SSSR count). The van der Waals surface area contributed by atoms with Gasteiger partial charge in [-0.1, -0.05) is 17.3 Å².